The van der Waals surface area contributed by atoms with Crippen molar-refractivity contribution >= 4 is 33.3 Å². The largest absolute Gasteiger partial charge is 0.497 e. The van der Waals surface area contributed by atoms with Gasteiger partial charge in [0.25, 0.3) is 0 Å². The number of nitrogens with one attached hydrogen (secondary N) is 1. The minimum Gasteiger partial charge on any atom is -0.497 e. The highest BCUT2D eigenvalue weighted by molar-refractivity contribution is 5.95. The number of hydrogen-bond acceptors (Lipinski definition) is 11. The van der Waals surface area contributed by atoms with Crippen LogP contribution in [0.15, 0.2) is 30.3 Å². The fourth-order valence-electron chi connectivity index (χ4n) is 7.76. The Morgan fingerprint density at radius 3 is 2.26 bits per heavy atom. The van der Waals surface area contributed by atoms with Crippen molar-refractivity contribution in [3.05, 3.63) is 47.2 Å². The van der Waals surface area contributed by atoms with Gasteiger partial charge in [-0.2, -0.15) is 0 Å². The van der Waals surface area contributed by atoms with E-state index >= 15 is 0 Å². The Hall–Kier alpha value is -3.78. The second-order valence-corrected chi connectivity index (χ2v) is 11.7. The van der Waals surface area contributed by atoms with Crippen LogP contribution in [0.1, 0.15) is 40.5 Å². The average Bonchev–Trinajstić information content (AvgIpc) is 3.48. The summed E-state index contributed by atoms with van der Waals surface area (Å²) in [5.74, 6) is 0.441. The first-order chi connectivity index (χ1) is 22.3. The van der Waals surface area contributed by atoms with E-state index in [9.17, 15) is 9.59 Å². The number of esters is 2. The lowest BCUT2D eigenvalue weighted by atomic mass is 9.63. The zero-order valence-electron chi connectivity index (χ0n) is 27.0. The summed E-state index contributed by atoms with van der Waals surface area (Å²) < 4.78 is 39.1. The summed E-state index contributed by atoms with van der Waals surface area (Å²) in [4.78, 5) is 39.9. The zero-order chi connectivity index (χ0) is 33.1. The van der Waals surface area contributed by atoms with Crippen molar-refractivity contribution in [3.8, 4) is 23.0 Å². The predicted octanol–water partition coefficient (Wildman–Crippen LogP) is 3.23. The Kier molecular flexibility index (Phi) is 10.5. The van der Waals surface area contributed by atoms with Crippen molar-refractivity contribution in [1.29, 1.82) is 0 Å². The number of nitrogens with zero attached hydrogens (tertiary/aromatic N) is 1. The molecular weight excluding hydrogens is 612 g/mol. The van der Waals surface area contributed by atoms with Crippen molar-refractivity contribution in [2.24, 2.45) is 17.8 Å². The number of carbonyl (C=O) groups excluding carboxylic acids is 2. The van der Waals surface area contributed by atoms with E-state index in [1.54, 1.807) is 26.4 Å². The number of aromatic amines is 1. The molecule has 0 amide bonds. The van der Waals surface area contributed by atoms with Gasteiger partial charge in [-0.1, -0.05) is 0 Å². The molecule has 2 aromatic carbocycles. The molecule has 3 aliphatic rings. The second-order valence-electron chi connectivity index (χ2n) is 11.7. The Labute approximate surface area is 271 Å². The van der Waals surface area contributed by atoms with E-state index in [2.05, 4.69) is 16.0 Å². The third-order valence-electron chi connectivity index (χ3n) is 9.76. The molecule has 3 radical (unpaired) electrons. The predicted molar refractivity (Wildman–Crippen MR) is 169 cm³/mol. The van der Waals surface area contributed by atoms with Crippen LogP contribution in [0.5, 0.6) is 23.0 Å². The molecule has 3 heterocycles. The number of benzene rings is 2. The Balaban J connectivity index is 0.00000204. The fourth-order valence-corrected chi connectivity index (χ4v) is 7.76. The van der Waals surface area contributed by atoms with Crippen LogP contribution in [0.25, 0.3) is 10.9 Å². The maximum absolute atomic E-state index is 13.5. The minimum atomic E-state index is -0.670. The zero-order valence-corrected chi connectivity index (χ0v) is 28.0. The molecule has 3 aromatic rings. The summed E-state index contributed by atoms with van der Waals surface area (Å²) in [5, 5.41) is 1.21. The average molecular weight is 654 g/mol. The summed E-state index contributed by atoms with van der Waals surface area (Å²) >= 11 is 0. The minimum absolute atomic E-state index is 0.0170. The van der Waals surface area contributed by atoms with Crippen molar-refractivity contribution < 1.29 is 47.5 Å². The van der Waals surface area contributed by atoms with Gasteiger partial charge < -0.3 is 42.9 Å². The lowest BCUT2D eigenvalue weighted by Crippen LogP contribution is -2.58. The van der Waals surface area contributed by atoms with E-state index in [1.165, 1.54) is 45.1 Å². The number of carbonyl (C=O) groups is 2. The second kappa shape index (κ2) is 14.3. The summed E-state index contributed by atoms with van der Waals surface area (Å²) in [5.41, 5.74) is 3.83. The molecule has 1 saturated carbocycles. The van der Waals surface area contributed by atoms with Gasteiger partial charge in [0.05, 0.1) is 53.1 Å². The van der Waals surface area contributed by atoms with Crippen molar-refractivity contribution in [3.63, 3.8) is 0 Å². The van der Waals surface area contributed by atoms with E-state index in [0.717, 1.165) is 37.2 Å². The highest BCUT2D eigenvalue weighted by Crippen LogP contribution is 2.51. The van der Waals surface area contributed by atoms with E-state index in [0.29, 0.717) is 23.7 Å². The third kappa shape index (κ3) is 5.92. The van der Waals surface area contributed by atoms with Crippen LogP contribution >= 0.6 is 0 Å². The lowest BCUT2D eigenvalue weighted by Gasteiger charge is -2.52. The normalized spacial score (nSPS) is 25.1. The molecule has 6 atom stereocenters. The molecule has 2 fully saturated rings. The molecule has 247 valence electrons. The molecule has 0 spiro atoms. The van der Waals surface area contributed by atoms with Gasteiger partial charge in [-0.15, -0.1) is 0 Å². The lowest BCUT2D eigenvalue weighted by molar-refractivity contribution is -0.176. The van der Waals surface area contributed by atoms with Crippen molar-refractivity contribution in [2.45, 2.75) is 37.5 Å². The molecule has 1 aromatic heterocycles. The number of hydrogen-bond donors (Lipinski definition) is 2. The third-order valence-corrected chi connectivity index (χ3v) is 9.76. The summed E-state index contributed by atoms with van der Waals surface area (Å²) in [6.45, 7) is 1.68. The molecule has 12 nitrogen and oxygen atoms in total. The summed E-state index contributed by atoms with van der Waals surface area (Å²) in [6, 6.07) is 9.40. The monoisotopic (exact) mass is 653 g/mol. The smallest absolute Gasteiger partial charge is 0.338 e. The Bertz CT molecular complexity index is 1540. The number of fused-ring (bicyclic) bond motifs is 6. The van der Waals surface area contributed by atoms with Gasteiger partial charge in [0.2, 0.25) is 16.2 Å². The van der Waals surface area contributed by atoms with Crippen LogP contribution in [-0.4, -0.2) is 105 Å². The Morgan fingerprint density at radius 2 is 1.65 bits per heavy atom. The SMILES string of the molecule is COC(=O)[C@H]1[C@H]2C[C@@H]3c4[nH]c5cc(OC)ccc5c4CCN3C[C@H]2C[C@@H](OC(=O)c2cc(OC)c(OC)c(OC)c2)[C@@H]1OC.O[Si]. The maximum atomic E-state index is 13.5. The molecule has 1 aliphatic carbocycles. The molecule has 46 heavy (non-hydrogen) atoms. The van der Waals surface area contributed by atoms with E-state index in [-0.39, 0.29) is 29.4 Å². The number of piperidine rings is 1. The fraction of sp³-hybridized carbons (Fsp3) is 0.515. The molecule has 13 heteroatoms. The van der Waals surface area contributed by atoms with Gasteiger partial charge in [0.15, 0.2) is 11.5 Å². The van der Waals surface area contributed by atoms with E-state index in [1.807, 2.05) is 22.6 Å². The first-order valence-electron chi connectivity index (χ1n) is 15.1. The molecule has 0 bridgehead atoms. The number of methoxy groups -OCH3 is 6. The number of H-pyrrole nitrogens is 1. The number of aromatic nitrogens is 1. The molecular formula is C33H41N2O10Si. The maximum Gasteiger partial charge on any atom is 0.338 e. The number of rotatable bonds is 8. The molecule has 0 unspecified atom stereocenters. The topological polar surface area (TPSA) is 138 Å². The van der Waals surface area contributed by atoms with Gasteiger partial charge in [-0.25, -0.2) is 4.79 Å². The van der Waals surface area contributed by atoms with Crippen LogP contribution in [0.4, 0.5) is 0 Å². The van der Waals surface area contributed by atoms with Crippen LogP contribution < -0.4 is 18.9 Å². The van der Waals surface area contributed by atoms with Gasteiger partial charge in [-0.3, -0.25) is 9.69 Å². The van der Waals surface area contributed by atoms with E-state index < -0.39 is 24.1 Å². The first-order valence-corrected chi connectivity index (χ1v) is 15.6. The molecule has 2 aliphatic heterocycles. The van der Waals surface area contributed by atoms with Gasteiger partial charge >= 0.3 is 11.9 Å². The first kappa shape index (κ1) is 33.6. The van der Waals surface area contributed by atoms with Gasteiger partial charge in [0, 0.05) is 42.9 Å². The van der Waals surface area contributed by atoms with Crippen LogP contribution in [0, 0.1) is 17.8 Å². The standard InChI is InChI=1S/C33H40N2O9.HOSi/c1-38-19-7-8-20-21-9-10-35-16-18-13-27(44-32(36)17-11-25(39-2)30(41-4)26(12-17)40-3)31(42-5)28(33(37)43-6)22(18)15-24(35)29(21)34-23(20)14-19;1-2/h7-8,11-12,14,18,22,24,27-28,31,34H,9-10,13,15-16H2,1-6H3;1H/t18-,22+,24-,27-,28+,31+;/m1./s1. The van der Waals surface area contributed by atoms with E-state index in [4.69, 9.17) is 38.0 Å². The summed E-state index contributed by atoms with van der Waals surface area (Å²) in [7, 11) is 11.1. The van der Waals surface area contributed by atoms with Gasteiger partial charge in [-0.05, 0) is 60.9 Å². The van der Waals surface area contributed by atoms with Crippen molar-refractivity contribution in [2.75, 3.05) is 55.7 Å². The van der Waals surface area contributed by atoms with Crippen LogP contribution in [-0.2, 0) is 25.4 Å². The van der Waals surface area contributed by atoms with Crippen LogP contribution in [0.2, 0.25) is 0 Å². The quantitative estimate of drug-likeness (QED) is 0.274. The van der Waals surface area contributed by atoms with Crippen LogP contribution in [0.3, 0.4) is 0 Å². The van der Waals surface area contributed by atoms with Gasteiger partial charge in [0.1, 0.15) is 18.0 Å². The number of ether oxygens (including phenoxy) is 7. The highest BCUT2D eigenvalue weighted by atomic mass is 28.2. The molecule has 6 rings (SSSR count). The summed E-state index contributed by atoms with van der Waals surface area (Å²) in [6.07, 6.45) is 0.920. The van der Waals surface area contributed by atoms with Crippen molar-refractivity contribution in [1.82, 2.24) is 9.88 Å². The highest BCUT2D eigenvalue weighted by Gasteiger charge is 2.54. The molecule has 2 N–H and O–H groups in total. The molecule has 1 saturated heterocycles. The Morgan fingerprint density at radius 1 is 0.935 bits per heavy atom.